The number of aliphatic imine (C=N–C) groups is 2. The molecular weight excluding hydrogens is 418 g/mol. The van der Waals surface area contributed by atoms with E-state index >= 15 is 0 Å². The molecule has 4 heteroatoms. The van der Waals surface area contributed by atoms with E-state index in [1.54, 1.807) is 0 Å². The van der Waals surface area contributed by atoms with Crippen LogP contribution in [-0.4, -0.2) is 21.5 Å². The minimum atomic E-state index is 0.0691. The van der Waals surface area contributed by atoms with Crippen molar-refractivity contribution in [3.63, 3.8) is 0 Å². The van der Waals surface area contributed by atoms with Crippen molar-refractivity contribution in [3.05, 3.63) is 125 Å². The number of aromatic amines is 1. The van der Waals surface area contributed by atoms with Crippen LogP contribution in [0.3, 0.4) is 0 Å². The van der Waals surface area contributed by atoms with E-state index in [-0.39, 0.29) is 5.88 Å². The summed E-state index contributed by atoms with van der Waals surface area (Å²) >= 11 is 0. The Labute approximate surface area is 199 Å². The lowest BCUT2D eigenvalue weighted by molar-refractivity contribution is 0.457. The van der Waals surface area contributed by atoms with E-state index in [9.17, 15) is 5.11 Å². The van der Waals surface area contributed by atoms with Crippen LogP contribution in [0.1, 0.15) is 22.3 Å². The van der Waals surface area contributed by atoms with Gasteiger partial charge in [0, 0.05) is 16.5 Å². The van der Waals surface area contributed by atoms with Crippen molar-refractivity contribution < 1.29 is 5.11 Å². The third kappa shape index (κ3) is 4.39. The molecule has 0 radical (unpaired) electrons. The fourth-order valence-corrected chi connectivity index (χ4v) is 3.94. The van der Waals surface area contributed by atoms with Crippen LogP contribution in [0.15, 0.2) is 113 Å². The maximum atomic E-state index is 11.0. The van der Waals surface area contributed by atoms with E-state index in [0.717, 1.165) is 33.4 Å². The van der Waals surface area contributed by atoms with Crippen molar-refractivity contribution in [3.8, 4) is 5.88 Å². The highest BCUT2D eigenvalue weighted by Crippen LogP contribution is 2.31. The monoisotopic (exact) mass is 443 g/mol. The second-order valence-electron chi connectivity index (χ2n) is 8.35. The highest BCUT2D eigenvalue weighted by molar-refractivity contribution is 6.56. The van der Waals surface area contributed by atoms with Crippen molar-refractivity contribution in [1.82, 2.24) is 4.98 Å². The zero-order valence-corrected chi connectivity index (χ0v) is 19.2. The number of nitrogens with zero attached hydrogens (tertiary/aromatic N) is 2. The van der Waals surface area contributed by atoms with Gasteiger partial charge in [-0.25, -0.2) is 9.98 Å². The predicted molar refractivity (Wildman–Crippen MR) is 141 cm³/mol. The summed E-state index contributed by atoms with van der Waals surface area (Å²) in [6, 6.07) is 33.9. The van der Waals surface area contributed by atoms with Gasteiger partial charge in [-0.3, -0.25) is 0 Å². The summed E-state index contributed by atoms with van der Waals surface area (Å²) in [4.78, 5) is 13.2. The van der Waals surface area contributed by atoms with E-state index in [1.165, 1.54) is 5.56 Å². The van der Waals surface area contributed by atoms with Crippen LogP contribution in [0.25, 0.3) is 10.9 Å². The molecule has 4 aromatic carbocycles. The lowest BCUT2D eigenvalue weighted by Gasteiger charge is -2.12. The van der Waals surface area contributed by atoms with E-state index < -0.39 is 0 Å². The number of para-hydroxylation sites is 1. The molecule has 2 N–H and O–H groups in total. The molecule has 0 saturated carbocycles. The van der Waals surface area contributed by atoms with Crippen molar-refractivity contribution in [1.29, 1.82) is 0 Å². The zero-order valence-electron chi connectivity index (χ0n) is 19.2. The Morgan fingerprint density at radius 2 is 1.15 bits per heavy atom. The summed E-state index contributed by atoms with van der Waals surface area (Å²) < 4.78 is 0. The summed E-state index contributed by atoms with van der Waals surface area (Å²) in [5.41, 5.74) is 7.61. The van der Waals surface area contributed by atoms with Gasteiger partial charge in [0.05, 0.1) is 22.6 Å². The molecule has 0 aliphatic rings. The van der Waals surface area contributed by atoms with Crippen LogP contribution in [-0.2, 0) is 0 Å². The van der Waals surface area contributed by atoms with Crippen molar-refractivity contribution in [2.45, 2.75) is 13.8 Å². The highest BCUT2D eigenvalue weighted by Gasteiger charge is 2.22. The predicted octanol–water partition coefficient (Wildman–Crippen LogP) is 7.43. The van der Waals surface area contributed by atoms with Crippen LogP contribution in [0, 0.1) is 13.8 Å². The quantitative estimate of drug-likeness (QED) is 0.273. The third-order valence-corrected chi connectivity index (χ3v) is 5.74. The Hall–Kier alpha value is -4.44. The Bertz CT molecular complexity index is 1490. The van der Waals surface area contributed by atoms with Crippen LogP contribution in [0.2, 0.25) is 0 Å². The van der Waals surface area contributed by atoms with E-state index in [4.69, 9.17) is 9.98 Å². The number of aromatic hydroxyl groups is 1. The Balaban J connectivity index is 1.81. The number of aryl methyl sites for hydroxylation is 2. The molecule has 1 aromatic heterocycles. The molecule has 0 unspecified atom stereocenters. The smallest absolute Gasteiger partial charge is 0.199 e. The number of hydrogen-bond acceptors (Lipinski definition) is 3. The van der Waals surface area contributed by atoms with Gasteiger partial charge in [-0.2, -0.15) is 0 Å². The van der Waals surface area contributed by atoms with E-state index in [0.29, 0.717) is 17.0 Å². The first kappa shape index (κ1) is 21.4. The van der Waals surface area contributed by atoms with Gasteiger partial charge in [-0.15, -0.1) is 0 Å². The van der Waals surface area contributed by atoms with Crippen LogP contribution >= 0.6 is 0 Å². The fourth-order valence-electron chi connectivity index (χ4n) is 3.94. The molecule has 0 bridgehead atoms. The number of benzene rings is 4. The van der Waals surface area contributed by atoms with Crippen molar-refractivity contribution in [2.24, 2.45) is 9.98 Å². The van der Waals surface area contributed by atoms with Crippen LogP contribution < -0.4 is 0 Å². The van der Waals surface area contributed by atoms with Gasteiger partial charge < -0.3 is 10.1 Å². The summed E-state index contributed by atoms with van der Waals surface area (Å²) in [5, 5.41) is 11.9. The van der Waals surface area contributed by atoms with E-state index in [1.807, 2.05) is 110 Å². The molecule has 5 rings (SSSR count). The van der Waals surface area contributed by atoms with Gasteiger partial charge in [0.15, 0.2) is 5.88 Å². The fraction of sp³-hybridized carbons (Fsp3) is 0.0667. The molecule has 166 valence electrons. The maximum absolute atomic E-state index is 11.0. The molecule has 0 aliphatic carbocycles. The van der Waals surface area contributed by atoms with Gasteiger partial charge in [-0.1, -0.05) is 83.9 Å². The molecule has 0 saturated heterocycles. The van der Waals surface area contributed by atoms with Gasteiger partial charge in [0.2, 0.25) is 0 Å². The average Bonchev–Trinajstić information content (AvgIpc) is 3.20. The lowest BCUT2D eigenvalue weighted by Crippen LogP contribution is -2.17. The standard InChI is InChI=1S/C30H25N3O/c1-20-12-16-23(17-13-20)31-28(22-8-4-3-5-9-22)29(32-24-18-14-21(2)15-19-24)27-25-10-6-7-11-26(25)33-30(27)34/h3-19,33-34H,1-2H3. The second kappa shape index (κ2) is 9.20. The normalized spacial score (nSPS) is 12.3. The first-order chi connectivity index (χ1) is 16.6. The van der Waals surface area contributed by atoms with Gasteiger partial charge in [0.25, 0.3) is 0 Å². The van der Waals surface area contributed by atoms with Gasteiger partial charge >= 0.3 is 0 Å². The summed E-state index contributed by atoms with van der Waals surface area (Å²) in [5.74, 6) is 0.0691. The molecule has 0 spiro atoms. The summed E-state index contributed by atoms with van der Waals surface area (Å²) in [7, 11) is 0. The number of rotatable bonds is 5. The van der Waals surface area contributed by atoms with Crippen molar-refractivity contribution in [2.75, 3.05) is 0 Å². The topological polar surface area (TPSA) is 60.7 Å². The third-order valence-electron chi connectivity index (χ3n) is 5.74. The minimum Gasteiger partial charge on any atom is -0.494 e. The summed E-state index contributed by atoms with van der Waals surface area (Å²) in [6.45, 7) is 4.11. The molecule has 0 amide bonds. The molecule has 1 heterocycles. The van der Waals surface area contributed by atoms with Gasteiger partial charge in [-0.05, 0) is 44.2 Å². The largest absolute Gasteiger partial charge is 0.494 e. The maximum Gasteiger partial charge on any atom is 0.199 e. The van der Waals surface area contributed by atoms with E-state index in [2.05, 4.69) is 11.9 Å². The SMILES string of the molecule is Cc1ccc(N=C(C(=Nc2ccc(C)cc2)c2c(O)[nH]c3ccccc23)c2ccccc2)cc1. The molecule has 0 aliphatic heterocycles. The highest BCUT2D eigenvalue weighted by atomic mass is 16.3. The first-order valence-electron chi connectivity index (χ1n) is 11.2. The van der Waals surface area contributed by atoms with Crippen LogP contribution in [0.4, 0.5) is 11.4 Å². The molecular formula is C30H25N3O. The Morgan fingerprint density at radius 3 is 1.76 bits per heavy atom. The molecule has 5 aromatic rings. The molecule has 4 nitrogen and oxygen atoms in total. The van der Waals surface area contributed by atoms with Crippen molar-refractivity contribution >= 4 is 33.7 Å². The Morgan fingerprint density at radius 1 is 0.618 bits per heavy atom. The molecule has 34 heavy (non-hydrogen) atoms. The average molecular weight is 444 g/mol. The molecule has 0 fully saturated rings. The van der Waals surface area contributed by atoms with Crippen LogP contribution in [0.5, 0.6) is 5.88 Å². The number of H-pyrrole nitrogens is 1. The number of hydrogen-bond donors (Lipinski definition) is 2. The summed E-state index contributed by atoms with van der Waals surface area (Å²) in [6.07, 6.45) is 0. The second-order valence-corrected chi connectivity index (χ2v) is 8.35. The zero-order chi connectivity index (χ0) is 23.5. The minimum absolute atomic E-state index is 0.0691. The lowest BCUT2D eigenvalue weighted by atomic mass is 9.98. The number of nitrogens with one attached hydrogen (secondary N) is 1. The Kier molecular flexibility index (Phi) is 5.79. The first-order valence-corrected chi connectivity index (χ1v) is 11.2. The van der Waals surface area contributed by atoms with Gasteiger partial charge in [0.1, 0.15) is 5.71 Å². The number of aromatic nitrogens is 1. The molecule has 0 atom stereocenters. The number of fused-ring (bicyclic) bond motifs is 1.